The average molecular weight is 376 g/mol. The quantitative estimate of drug-likeness (QED) is 0.538. The standard InChI is InChI=1S/C17H11Cl2N3O3/c18-12-4-5-15(14(19)7-12)21-9-11(8-20)16(23)22-13-3-1-2-10(6-13)17(24)25/h1-7,9,21H,(H,22,23)(H,24,25)/b11-9-. The van der Waals surface area contributed by atoms with E-state index < -0.39 is 11.9 Å². The third-order valence-electron chi connectivity index (χ3n) is 3.04. The van der Waals surface area contributed by atoms with Gasteiger partial charge in [0, 0.05) is 16.9 Å². The number of nitriles is 1. The number of aromatic carboxylic acids is 1. The summed E-state index contributed by atoms with van der Waals surface area (Å²) in [5, 5.41) is 24.1. The molecule has 0 aromatic heterocycles. The lowest BCUT2D eigenvalue weighted by Crippen LogP contribution is -2.15. The Balaban J connectivity index is 2.14. The van der Waals surface area contributed by atoms with Crippen LogP contribution in [0.15, 0.2) is 54.2 Å². The van der Waals surface area contributed by atoms with Crippen molar-refractivity contribution in [2.24, 2.45) is 0 Å². The minimum atomic E-state index is -1.12. The summed E-state index contributed by atoms with van der Waals surface area (Å²) in [6.07, 6.45) is 1.20. The molecule has 0 radical (unpaired) electrons. The molecule has 25 heavy (non-hydrogen) atoms. The third kappa shape index (κ3) is 4.98. The summed E-state index contributed by atoms with van der Waals surface area (Å²) >= 11 is 11.8. The molecule has 0 atom stereocenters. The maximum absolute atomic E-state index is 12.1. The molecule has 3 N–H and O–H groups in total. The molecule has 0 fully saturated rings. The third-order valence-corrected chi connectivity index (χ3v) is 3.58. The molecule has 6 nitrogen and oxygen atoms in total. The number of halogens is 2. The molecule has 0 unspecified atom stereocenters. The van der Waals surface area contributed by atoms with Gasteiger partial charge >= 0.3 is 5.97 Å². The first kappa shape index (κ1) is 18.3. The molecular formula is C17H11Cl2N3O3. The number of anilines is 2. The highest BCUT2D eigenvalue weighted by Gasteiger charge is 2.11. The molecule has 1 amide bonds. The Bertz CT molecular complexity index is 904. The minimum absolute atomic E-state index is 0.0198. The fourth-order valence-corrected chi connectivity index (χ4v) is 2.30. The van der Waals surface area contributed by atoms with Crippen molar-refractivity contribution in [3.05, 3.63) is 69.8 Å². The fraction of sp³-hybridized carbons (Fsp3) is 0. The second-order valence-electron chi connectivity index (χ2n) is 4.78. The van der Waals surface area contributed by atoms with Gasteiger partial charge in [0.05, 0.1) is 16.3 Å². The highest BCUT2D eigenvalue weighted by Crippen LogP contribution is 2.25. The van der Waals surface area contributed by atoms with E-state index in [1.807, 2.05) is 0 Å². The molecule has 0 bridgehead atoms. The molecule has 0 spiro atoms. The van der Waals surface area contributed by atoms with Crippen molar-refractivity contribution in [1.29, 1.82) is 5.26 Å². The predicted octanol–water partition coefficient (Wildman–Crippen LogP) is 4.15. The lowest BCUT2D eigenvalue weighted by Gasteiger charge is -2.07. The van der Waals surface area contributed by atoms with Crippen LogP contribution in [0.1, 0.15) is 10.4 Å². The van der Waals surface area contributed by atoms with E-state index in [2.05, 4.69) is 10.6 Å². The molecule has 0 aliphatic heterocycles. The number of carboxylic acids is 1. The molecular weight excluding hydrogens is 365 g/mol. The van der Waals surface area contributed by atoms with E-state index in [1.54, 1.807) is 18.2 Å². The van der Waals surface area contributed by atoms with Gasteiger partial charge in [-0.3, -0.25) is 4.79 Å². The Labute approximate surface area is 153 Å². The van der Waals surface area contributed by atoms with Crippen LogP contribution in [0.4, 0.5) is 11.4 Å². The molecule has 0 aliphatic rings. The summed E-state index contributed by atoms with van der Waals surface area (Å²) in [4.78, 5) is 23.1. The molecule has 0 saturated carbocycles. The zero-order valence-electron chi connectivity index (χ0n) is 12.6. The van der Waals surface area contributed by atoms with Crippen LogP contribution >= 0.6 is 23.2 Å². The monoisotopic (exact) mass is 375 g/mol. The number of rotatable bonds is 5. The van der Waals surface area contributed by atoms with Crippen LogP contribution in [0, 0.1) is 11.3 Å². The van der Waals surface area contributed by atoms with Crippen molar-refractivity contribution < 1.29 is 14.7 Å². The summed E-state index contributed by atoms with van der Waals surface area (Å²) in [5.41, 5.74) is 0.535. The normalized spacial score (nSPS) is 10.7. The smallest absolute Gasteiger partial charge is 0.335 e. The maximum Gasteiger partial charge on any atom is 0.335 e. The van der Waals surface area contributed by atoms with Crippen molar-refractivity contribution in [3.63, 3.8) is 0 Å². The van der Waals surface area contributed by atoms with Gasteiger partial charge in [0.1, 0.15) is 11.6 Å². The van der Waals surface area contributed by atoms with Gasteiger partial charge in [-0.15, -0.1) is 0 Å². The highest BCUT2D eigenvalue weighted by molar-refractivity contribution is 6.36. The lowest BCUT2D eigenvalue weighted by molar-refractivity contribution is -0.112. The van der Waals surface area contributed by atoms with Gasteiger partial charge in [-0.1, -0.05) is 29.3 Å². The van der Waals surface area contributed by atoms with Gasteiger partial charge in [-0.25, -0.2) is 4.79 Å². The number of carbonyl (C=O) groups is 2. The number of hydrogen-bond donors (Lipinski definition) is 3. The van der Waals surface area contributed by atoms with Crippen LogP contribution < -0.4 is 10.6 Å². The van der Waals surface area contributed by atoms with Crippen molar-refractivity contribution >= 4 is 46.5 Å². The summed E-state index contributed by atoms with van der Waals surface area (Å²) in [6.45, 7) is 0. The summed E-state index contributed by atoms with van der Waals surface area (Å²) < 4.78 is 0. The number of benzene rings is 2. The highest BCUT2D eigenvalue weighted by atomic mass is 35.5. The molecule has 2 aromatic carbocycles. The van der Waals surface area contributed by atoms with Crippen molar-refractivity contribution in [2.45, 2.75) is 0 Å². The van der Waals surface area contributed by atoms with Gasteiger partial charge in [0.25, 0.3) is 5.91 Å². The zero-order valence-corrected chi connectivity index (χ0v) is 14.1. The lowest BCUT2D eigenvalue weighted by atomic mass is 10.2. The van der Waals surface area contributed by atoms with Crippen molar-refractivity contribution in [1.82, 2.24) is 0 Å². The maximum atomic E-state index is 12.1. The molecule has 0 heterocycles. The first-order chi connectivity index (χ1) is 11.9. The van der Waals surface area contributed by atoms with E-state index in [0.29, 0.717) is 15.7 Å². The molecule has 2 aromatic rings. The van der Waals surface area contributed by atoms with Gasteiger partial charge in [-0.2, -0.15) is 5.26 Å². The Hall–Kier alpha value is -3.01. The van der Waals surface area contributed by atoms with Crippen LogP contribution in [-0.2, 0) is 4.79 Å². The van der Waals surface area contributed by atoms with Crippen LogP contribution in [0.5, 0.6) is 0 Å². The number of nitrogens with one attached hydrogen (secondary N) is 2. The van der Waals surface area contributed by atoms with E-state index in [-0.39, 0.29) is 16.8 Å². The Morgan fingerprint density at radius 3 is 2.56 bits per heavy atom. The Morgan fingerprint density at radius 1 is 1.16 bits per heavy atom. The van der Waals surface area contributed by atoms with E-state index in [9.17, 15) is 9.59 Å². The Morgan fingerprint density at radius 2 is 1.92 bits per heavy atom. The topological polar surface area (TPSA) is 102 Å². The van der Waals surface area contributed by atoms with Crippen molar-refractivity contribution in [2.75, 3.05) is 10.6 Å². The van der Waals surface area contributed by atoms with Gasteiger partial charge in [-0.05, 0) is 36.4 Å². The number of amides is 1. The number of nitrogens with zero attached hydrogens (tertiary/aromatic N) is 1. The summed E-state index contributed by atoms with van der Waals surface area (Å²) in [6, 6.07) is 12.2. The molecule has 126 valence electrons. The fourth-order valence-electron chi connectivity index (χ4n) is 1.83. The average Bonchev–Trinajstić information content (AvgIpc) is 2.57. The largest absolute Gasteiger partial charge is 0.478 e. The number of carboxylic acid groups (broad SMARTS) is 1. The molecule has 8 heteroatoms. The van der Waals surface area contributed by atoms with Crippen molar-refractivity contribution in [3.8, 4) is 6.07 Å². The van der Waals surface area contributed by atoms with E-state index >= 15 is 0 Å². The van der Waals surface area contributed by atoms with E-state index in [4.69, 9.17) is 33.6 Å². The van der Waals surface area contributed by atoms with Gasteiger partial charge in [0.15, 0.2) is 0 Å². The molecule has 0 saturated heterocycles. The second kappa shape index (κ2) is 8.20. The molecule has 0 aliphatic carbocycles. The first-order valence-corrected chi connectivity index (χ1v) is 7.63. The first-order valence-electron chi connectivity index (χ1n) is 6.87. The van der Waals surface area contributed by atoms with Crippen LogP contribution in [0.25, 0.3) is 0 Å². The van der Waals surface area contributed by atoms with Crippen LogP contribution in [-0.4, -0.2) is 17.0 Å². The summed E-state index contributed by atoms with van der Waals surface area (Å²) in [5.74, 6) is -1.81. The second-order valence-corrected chi connectivity index (χ2v) is 5.62. The molecule has 2 rings (SSSR count). The SMILES string of the molecule is N#C/C(=C/Nc1ccc(Cl)cc1Cl)C(=O)Nc1cccc(C(=O)O)c1. The van der Waals surface area contributed by atoms with Gasteiger partial charge < -0.3 is 15.7 Å². The number of carbonyl (C=O) groups excluding carboxylic acids is 1. The minimum Gasteiger partial charge on any atom is -0.478 e. The predicted molar refractivity (Wildman–Crippen MR) is 95.8 cm³/mol. The van der Waals surface area contributed by atoms with Crippen LogP contribution in [0.2, 0.25) is 10.0 Å². The van der Waals surface area contributed by atoms with E-state index in [0.717, 1.165) is 0 Å². The Kier molecular flexibility index (Phi) is 6.01. The van der Waals surface area contributed by atoms with Gasteiger partial charge in [0.2, 0.25) is 0 Å². The van der Waals surface area contributed by atoms with E-state index in [1.165, 1.54) is 36.5 Å². The zero-order chi connectivity index (χ0) is 18.4. The van der Waals surface area contributed by atoms with Crippen LogP contribution in [0.3, 0.4) is 0 Å². The number of hydrogen-bond acceptors (Lipinski definition) is 4. The summed E-state index contributed by atoms with van der Waals surface area (Å²) in [7, 11) is 0.